The largest absolute Gasteiger partial charge is 0.376 e. The summed E-state index contributed by atoms with van der Waals surface area (Å²) in [6, 6.07) is 13.9. The number of amides is 3. The SMILES string of the molecule is CCC(=O)Nc1ccc(NCC(=O)Nc2ccc(C(=O)NCC3CCCO3)cc2)cc1. The Morgan fingerprint density at radius 2 is 1.52 bits per heavy atom. The smallest absolute Gasteiger partial charge is 0.251 e. The van der Waals surface area contributed by atoms with Crippen LogP contribution in [0.3, 0.4) is 0 Å². The molecule has 0 spiro atoms. The molecule has 0 bridgehead atoms. The molecule has 8 nitrogen and oxygen atoms in total. The minimum Gasteiger partial charge on any atom is -0.376 e. The quantitative estimate of drug-likeness (QED) is 0.495. The van der Waals surface area contributed by atoms with E-state index in [0.717, 1.165) is 25.1 Å². The second-order valence-corrected chi connectivity index (χ2v) is 7.30. The number of carbonyl (C=O) groups is 3. The van der Waals surface area contributed by atoms with Crippen LogP contribution in [0.2, 0.25) is 0 Å². The van der Waals surface area contributed by atoms with Crippen molar-refractivity contribution in [1.29, 1.82) is 0 Å². The highest BCUT2D eigenvalue weighted by Gasteiger charge is 2.16. The van der Waals surface area contributed by atoms with Crippen LogP contribution in [0.5, 0.6) is 0 Å². The average molecular weight is 425 g/mol. The van der Waals surface area contributed by atoms with Gasteiger partial charge in [-0.1, -0.05) is 6.92 Å². The standard InChI is InChI=1S/C23H28N4O4/c1-2-21(28)26-19-11-9-17(10-12-19)24-15-22(29)27-18-7-5-16(6-8-18)23(30)25-14-20-4-3-13-31-20/h5-12,20,24H,2-4,13-15H2,1H3,(H,25,30)(H,26,28)(H,27,29). The first kappa shape index (κ1) is 22.3. The first-order valence-electron chi connectivity index (χ1n) is 10.5. The van der Waals surface area contributed by atoms with Gasteiger partial charge in [-0.25, -0.2) is 0 Å². The normalized spacial score (nSPS) is 15.2. The van der Waals surface area contributed by atoms with Crippen molar-refractivity contribution in [3.8, 4) is 0 Å². The van der Waals surface area contributed by atoms with Crippen molar-refractivity contribution >= 4 is 34.8 Å². The molecule has 1 saturated heterocycles. The third kappa shape index (κ3) is 7.11. The van der Waals surface area contributed by atoms with Gasteiger partial charge in [0, 0.05) is 42.2 Å². The molecule has 0 aliphatic carbocycles. The van der Waals surface area contributed by atoms with Gasteiger partial charge in [0.15, 0.2) is 0 Å². The predicted molar refractivity (Wildman–Crippen MR) is 120 cm³/mol. The maximum Gasteiger partial charge on any atom is 0.251 e. The summed E-state index contributed by atoms with van der Waals surface area (Å²) >= 11 is 0. The fourth-order valence-corrected chi connectivity index (χ4v) is 3.13. The van der Waals surface area contributed by atoms with Gasteiger partial charge >= 0.3 is 0 Å². The molecule has 1 heterocycles. The molecule has 8 heteroatoms. The minimum absolute atomic E-state index is 0.0496. The maximum absolute atomic E-state index is 12.2. The molecule has 0 saturated carbocycles. The molecular weight excluding hydrogens is 396 g/mol. The van der Waals surface area contributed by atoms with Gasteiger partial charge < -0.3 is 26.0 Å². The number of anilines is 3. The van der Waals surface area contributed by atoms with Crippen LogP contribution in [0.25, 0.3) is 0 Å². The Kier molecular flexibility index (Phi) is 8.00. The topological polar surface area (TPSA) is 109 Å². The molecule has 1 aliphatic rings. The van der Waals surface area contributed by atoms with E-state index in [1.54, 1.807) is 55.5 Å². The second-order valence-electron chi connectivity index (χ2n) is 7.30. The summed E-state index contributed by atoms with van der Waals surface area (Å²) in [5.74, 6) is -0.418. The summed E-state index contributed by atoms with van der Waals surface area (Å²) in [5.41, 5.74) is 2.62. The monoisotopic (exact) mass is 424 g/mol. The molecule has 1 atom stereocenters. The van der Waals surface area contributed by atoms with E-state index >= 15 is 0 Å². The fourth-order valence-electron chi connectivity index (χ4n) is 3.13. The summed E-state index contributed by atoms with van der Waals surface area (Å²) in [4.78, 5) is 35.8. The molecule has 0 radical (unpaired) electrons. The summed E-state index contributed by atoms with van der Waals surface area (Å²) < 4.78 is 5.50. The molecular formula is C23H28N4O4. The van der Waals surface area contributed by atoms with Crippen molar-refractivity contribution in [2.24, 2.45) is 0 Å². The average Bonchev–Trinajstić information content (AvgIpc) is 3.31. The molecule has 3 rings (SSSR count). The van der Waals surface area contributed by atoms with Gasteiger partial charge in [-0.05, 0) is 61.4 Å². The zero-order chi connectivity index (χ0) is 22.1. The fraction of sp³-hybridized carbons (Fsp3) is 0.348. The van der Waals surface area contributed by atoms with Crippen LogP contribution >= 0.6 is 0 Å². The third-order valence-electron chi connectivity index (χ3n) is 4.89. The van der Waals surface area contributed by atoms with Gasteiger partial charge in [0.05, 0.1) is 12.6 Å². The number of benzene rings is 2. The Hall–Kier alpha value is -3.39. The molecule has 1 unspecified atom stereocenters. The van der Waals surface area contributed by atoms with Gasteiger partial charge in [-0.15, -0.1) is 0 Å². The molecule has 2 aromatic carbocycles. The molecule has 3 amide bonds. The Balaban J connectivity index is 1.41. The number of rotatable bonds is 9. The second kappa shape index (κ2) is 11.1. The van der Waals surface area contributed by atoms with E-state index < -0.39 is 0 Å². The Morgan fingerprint density at radius 3 is 2.13 bits per heavy atom. The number of carbonyl (C=O) groups excluding carboxylic acids is 3. The van der Waals surface area contributed by atoms with E-state index in [9.17, 15) is 14.4 Å². The van der Waals surface area contributed by atoms with Crippen LogP contribution in [-0.2, 0) is 14.3 Å². The molecule has 164 valence electrons. The van der Waals surface area contributed by atoms with Crippen LogP contribution in [0.4, 0.5) is 17.1 Å². The van der Waals surface area contributed by atoms with Gasteiger partial charge in [-0.2, -0.15) is 0 Å². The van der Waals surface area contributed by atoms with Crippen LogP contribution in [0, 0.1) is 0 Å². The Bertz CT molecular complexity index is 891. The van der Waals surface area contributed by atoms with E-state index in [4.69, 9.17) is 4.74 Å². The maximum atomic E-state index is 12.2. The number of nitrogens with one attached hydrogen (secondary N) is 4. The van der Waals surface area contributed by atoms with Gasteiger partial charge in [0.25, 0.3) is 5.91 Å². The van der Waals surface area contributed by atoms with Crippen LogP contribution in [0.15, 0.2) is 48.5 Å². The van der Waals surface area contributed by atoms with E-state index in [0.29, 0.717) is 29.9 Å². The summed E-state index contributed by atoms with van der Waals surface area (Å²) in [6.45, 7) is 3.14. The minimum atomic E-state index is -0.209. The van der Waals surface area contributed by atoms with E-state index in [2.05, 4.69) is 21.3 Å². The first-order chi connectivity index (χ1) is 15.0. The van der Waals surface area contributed by atoms with Gasteiger partial charge in [0.2, 0.25) is 11.8 Å². The molecule has 2 aromatic rings. The van der Waals surface area contributed by atoms with E-state index in [1.807, 2.05) is 0 Å². The molecule has 1 aliphatic heterocycles. The van der Waals surface area contributed by atoms with Gasteiger partial charge in [0.1, 0.15) is 0 Å². The van der Waals surface area contributed by atoms with Crippen molar-refractivity contribution in [3.63, 3.8) is 0 Å². The Labute approximate surface area is 181 Å². The lowest BCUT2D eigenvalue weighted by Gasteiger charge is -2.11. The van der Waals surface area contributed by atoms with Crippen molar-refractivity contribution < 1.29 is 19.1 Å². The number of hydrogen-bond donors (Lipinski definition) is 4. The lowest BCUT2D eigenvalue weighted by molar-refractivity contribution is -0.116. The molecule has 0 aromatic heterocycles. The lowest BCUT2D eigenvalue weighted by Crippen LogP contribution is -2.31. The highest BCUT2D eigenvalue weighted by molar-refractivity contribution is 5.96. The van der Waals surface area contributed by atoms with Crippen LogP contribution in [0.1, 0.15) is 36.5 Å². The van der Waals surface area contributed by atoms with Crippen LogP contribution < -0.4 is 21.3 Å². The zero-order valence-corrected chi connectivity index (χ0v) is 17.6. The summed E-state index contributed by atoms with van der Waals surface area (Å²) in [5, 5.41) is 11.5. The van der Waals surface area contributed by atoms with E-state index in [-0.39, 0.29) is 30.4 Å². The third-order valence-corrected chi connectivity index (χ3v) is 4.89. The van der Waals surface area contributed by atoms with Crippen molar-refractivity contribution in [2.75, 3.05) is 35.6 Å². The molecule has 1 fully saturated rings. The van der Waals surface area contributed by atoms with Crippen molar-refractivity contribution in [2.45, 2.75) is 32.3 Å². The number of ether oxygens (including phenoxy) is 1. The highest BCUT2D eigenvalue weighted by Crippen LogP contribution is 2.15. The molecule has 4 N–H and O–H groups in total. The highest BCUT2D eigenvalue weighted by atomic mass is 16.5. The predicted octanol–water partition coefficient (Wildman–Crippen LogP) is 2.99. The number of hydrogen-bond acceptors (Lipinski definition) is 5. The zero-order valence-electron chi connectivity index (χ0n) is 17.6. The van der Waals surface area contributed by atoms with Gasteiger partial charge in [-0.3, -0.25) is 14.4 Å². The van der Waals surface area contributed by atoms with Crippen molar-refractivity contribution in [1.82, 2.24) is 5.32 Å². The first-order valence-corrected chi connectivity index (χ1v) is 10.5. The summed E-state index contributed by atoms with van der Waals surface area (Å²) in [6.07, 6.45) is 2.52. The molecule has 31 heavy (non-hydrogen) atoms. The van der Waals surface area contributed by atoms with E-state index in [1.165, 1.54) is 0 Å². The lowest BCUT2D eigenvalue weighted by atomic mass is 10.2. The van der Waals surface area contributed by atoms with Crippen molar-refractivity contribution in [3.05, 3.63) is 54.1 Å². The summed E-state index contributed by atoms with van der Waals surface area (Å²) in [7, 11) is 0. The van der Waals surface area contributed by atoms with Crippen LogP contribution in [-0.4, -0.2) is 43.5 Å². The Morgan fingerprint density at radius 1 is 0.903 bits per heavy atom.